The zero-order valence-corrected chi connectivity index (χ0v) is 10.1. The fourth-order valence-corrected chi connectivity index (χ4v) is 2.77. The van der Waals surface area contributed by atoms with Gasteiger partial charge < -0.3 is 4.74 Å². The Morgan fingerprint density at radius 2 is 2.69 bits per heavy atom. The fourth-order valence-electron chi connectivity index (χ4n) is 0.622. The van der Waals surface area contributed by atoms with E-state index in [1.54, 1.807) is 17.5 Å². The van der Waals surface area contributed by atoms with E-state index in [4.69, 9.17) is 0 Å². The average Bonchev–Trinajstić information content (AvgIpc) is 2.65. The van der Waals surface area contributed by atoms with Gasteiger partial charge in [-0.15, -0.1) is 11.3 Å². The topological polar surface area (TPSA) is 39.2 Å². The Bertz CT molecular complexity index is 265. The molecular weight excluding hydrogens is 274 g/mol. The number of rotatable bonds is 4. The first-order valence-electron chi connectivity index (χ1n) is 3.48. The number of nitrogens with zero attached hydrogens (tertiary/aromatic N) is 1. The fraction of sp³-hybridized carbons (Fsp3) is 0.429. The SMILES string of the molecule is COC(=O)C(Br)CSc1nccs1. The van der Waals surface area contributed by atoms with Crippen LogP contribution in [-0.2, 0) is 9.53 Å². The molecule has 0 bridgehead atoms. The molecule has 0 spiro atoms. The Balaban J connectivity index is 2.30. The van der Waals surface area contributed by atoms with Gasteiger partial charge in [-0.3, -0.25) is 4.79 Å². The number of ether oxygens (including phenoxy) is 1. The Labute approximate surface area is 93.0 Å². The summed E-state index contributed by atoms with van der Waals surface area (Å²) in [5, 5.41) is 1.91. The number of carbonyl (C=O) groups is 1. The van der Waals surface area contributed by atoms with Crippen LogP contribution in [0.1, 0.15) is 0 Å². The molecule has 0 saturated heterocycles. The van der Waals surface area contributed by atoms with E-state index in [-0.39, 0.29) is 10.8 Å². The molecule has 0 radical (unpaired) electrons. The van der Waals surface area contributed by atoms with Crippen molar-refractivity contribution >= 4 is 45.0 Å². The van der Waals surface area contributed by atoms with E-state index in [9.17, 15) is 4.79 Å². The number of carbonyl (C=O) groups excluding carboxylic acids is 1. The van der Waals surface area contributed by atoms with Crippen molar-refractivity contribution in [3.05, 3.63) is 11.6 Å². The maximum Gasteiger partial charge on any atom is 0.320 e. The highest BCUT2D eigenvalue weighted by molar-refractivity contribution is 9.10. The second kappa shape index (κ2) is 5.62. The molecule has 6 heteroatoms. The van der Waals surface area contributed by atoms with Crippen LogP contribution in [0.3, 0.4) is 0 Å². The molecule has 0 fully saturated rings. The van der Waals surface area contributed by atoms with Crippen molar-refractivity contribution < 1.29 is 9.53 Å². The van der Waals surface area contributed by atoms with E-state index < -0.39 is 0 Å². The van der Waals surface area contributed by atoms with Gasteiger partial charge in [0.05, 0.1) is 7.11 Å². The van der Waals surface area contributed by atoms with Crippen molar-refractivity contribution in [3.8, 4) is 0 Å². The maximum absolute atomic E-state index is 11.0. The third-order valence-electron chi connectivity index (χ3n) is 1.22. The van der Waals surface area contributed by atoms with Crippen LogP contribution >= 0.6 is 39.0 Å². The summed E-state index contributed by atoms with van der Waals surface area (Å²) in [6, 6.07) is 0. The number of esters is 1. The van der Waals surface area contributed by atoms with Gasteiger partial charge in [-0.05, 0) is 0 Å². The zero-order valence-electron chi connectivity index (χ0n) is 6.90. The molecule has 72 valence electrons. The van der Waals surface area contributed by atoms with Crippen LogP contribution in [0.15, 0.2) is 15.9 Å². The molecule has 1 atom stereocenters. The number of thiazole rings is 1. The van der Waals surface area contributed by atoms with Gasteiger partial charge in [0.15, 0.2) is 0 Å². The number of hydrogen-bond acceptors (Lipinski definition) is 5. The minimum absolute atomic E-state index is 0.246. The second-order valence-electron chi connectivity index (χ2n) is 2.10. The Morgan fingerprint density at radius 3 is 3.23 bits per heavy atom. The van der Waals surface area contributed by atoms with Gasteiger partial charge >= 0.3 is 5.97 Å². The van der Waals surface area contributed by atoms with Crippen LogP contribution in [-0.4, -0.2) is 28.6 Å². The standard InChI is InChI=1S/C7H8BrNO2S2/c1-11-6(10)5(8)4-13-7-9-2-3-12-7/h2-3,5H,4H2,1H3. The van der Waals surface area contributed by atoms with Crippen LogP contribution in [0.2, 0.25) is 0 Å². The Morgan fingerprint density at radius 1 is 1.92 bits per heavy atom. The van der Waals surface area contributed by atoms with E-state index in [0.717, 1.165) is 4.34 Å². The van der Waals surface area contributed by atoms with Gasteiger partial charge in [0.2, 0.25) is 0 Å². The minimum atomic E-state index is -0.258. The molecule has 0 aromatic carbocycles. The quantitative estimate of drug-likeness (QED) is 0.482. The average molecular weight is 282 g/mol. The number of aromatic nitrogens is 1. The van der Waals surface area contributed by atoms with E-state index in [1.807, 2.05) is 5.38 Å². The van der Waals surface area contributed by atoms with Crippen LogP contribution in [0.4, 0.5) is 0 Å². The van der Waals surface area contributed by atoms with Crippen LogP contribution in [0, 0.1) is 0 Å². The number of alkyl halides is 1. The molecule has 0 saturated carbocycles. The van der Waals surface area contributed by atoms with Gasteiger partial charge in [0.1, 0.15) is 9.17 Å². The Hall–Kier alpha value is -0.0700. The first-order valence-corrected chi connectivity index (χ1v) is 6.26. The molecule has 0 amide bonds. The molecule has 3 nitrogen and oxygen atoms in total. The summed E-state index contributed by atoms with van der Waals surface area (Å²) in [6.45, 7) is 0. The normalized spacial score (nSPS) is 12.5. The lowest BCUT2D eigenvalue weighted by molar-refractivity contribution is -0.139. The van der Waals surface area contributed by atoms with Crippen LogP contribution in [0.25, 0.3) is 0 Å². The van der Waals surface area contributed by atoms with Gasteiger partial charge in [-0.2, -0.15) is 0 Å². The van der Waals surface area contributed by atoms with E-state index in [0.29, 0.717) is 5.75 Å². The van der Waals surface area contributed by atoms with Crippen molar-refractivity contribution in [2.24, 2.45) is 0 Å². The van der Waals surface area contributed by atoms with Crippen molar-refractivity contribution in [1.82, 2.24) is 4.98 Å². The molecule has 1 heterocycles. The summed E-state index contributed by atoms with van der Waals surface area (Å²) in [4.78, 5) is 14.8. The first-order chi connectivity index (χ1) is 6.24. The monoisotopic (exact) mass is 281 g/mol. The van der Waals surface area contributed by atoms with E-state index >= 15 is 0 Å². The van der Waals surface area contributed by atoms with Crippen LogP contribution < -0.4 is 0 Å². The smallest absolute Gasteiger partial charge is 0.320 e. The number of thioether (sulfide) groups is 1. The largest absolute Gasteiger partial charge is 0.468 e. The number of methoxy groups -OCH3 is 1. The molecular formula is C7H8BrNO2S2. The summed E-state index contributed by atoms with van der Waals surface area (Å²) < 4.78 is 5.53. The summed E-state index contributed by atoms with van der Waals surface area (Å²) in [6.07, 6.45) is 1.74. The van der Waals surface area contributed by atoms with Crippen molar-refractivity contribution in [3.63, 3.8) is 0 Å². The van der Waals surface area contributed by atoms with E-state index in [2.05, 4.69) is 25.7 Å². The predicted molar refractivity (Wildman–Crippen MR) is 57.6 cm³/mol. The van der Waals surface area contributed by atoms with Gasteiger partial charge in [0, 0.05) is 17.3 Å². The molecule has 0 N–H and O–H groups in total. The Kier molecular flexibility index (Phi) is 4.76. The molecule has 1 aromatic heterocycles. The first kappa shape index (κ1) is 11.0. The number of halogens is 1. The molecule has 0 aliphatic carbocycles. The third kappa shape index (κ3) is 3.66. The maximum atomic E-state index is 11.0. The summed E-state index contributed by atoms with van der Waals surface area (Å²) >= 11 is 6.33. The molecule has 13 heavy (non-hydrogen) atoms. The lowest BCUT2D eigenvalue weighted by Gasteiger charge is -2.04. The number of hydrogen-bond donors (Lipinski definition) is 0. The lowest BCUT2D eigenvalue weighted by atomic mass is 10.5. The molecule has 0 aliphatic rings. The summed E-state index contributed by atoms with van der Waals surface area (Å²) in [5.74, 6) is 0.393. The third-order valence-corrected chi connectivity index (χ3v) is 4.41. The summed E-state index contributed by atoms with van der Waals surface area (Å²) in [5.41, 5.74) is 0. The molecule has 1 rings (SSSR count). The minimum Gasteiger partial charge on any atom is -0.468 e. The zero-order chi connectivity index (χ0) is 9.68. The van der Waals surface area contributed by atoms with E-state index in [1.165, 1.54) is 18.9 Å². The molecule has 0 aliphatic heterocycles. The highest BCUT2D eigenvalue weighted by atomic mass is 79.9. The van der Waals surface area contributed by atoms with Crippen molar-refractivity contribution in [2.75, 3.05) is 12.9 Å². The highest BCUT2D eigenvalue weighted by Crippen LogP contribution is 2.23. The predicted octanol–water partition coefficient (Wildman–Crippen LogP) is 2.17. The molecule has 1 aromatic rings. The van der Waals surface area contributed by atoms with Crippen molar-refractivity contribution in [1.29, 1.82) is 0 Å². The highest BCUT2D eigenvalue weighted by Gasteiger charge is 2.15. The summed E-state index contributed by atoms with van der Waals surface area (Å²) in [7, 11) is 1.38. The second-order valence-corrected chi connectivity index (χ2v) is 5.37. The van der Waals surface area contributed by atoms with Gasteiger partial charge in [0.25, 0.3) is 0 Å². The van der Waals surface area contributed by atoms with Gasteiger partial charge in [-0.1, -0.05) is 27.7 Å². The van der Waals surface area contributed by atoms with Crippen LogP contribution in [0.5, 0.6) is 0 Å². The van der Waals surface area contributed by atoms with Crippen molar-refractivity contribution in [2.45, 2.75) is 9.17 Å². The van der Waals surface area contributed by atoms with Gasteiger partial charge in [-0.25, -0.2) is 4.98 Å². The molecule has 1 unspecified atom stereocenters. The lowest BCUT2D eigenvalue weighted by Crippen LogP contribution is -2.17.